The fourth-order valence-electron chi connectivity index (χ4n) is 2.02. The Morgan fingerprint density at radius 1 is 1.44 bits per heavy atom. The summed E-state index contributed by atoms with van der Waals surface area (Å²) < 4.78 is 0. The Morgan fingerprint density at radius 3 is 3.00 bits per heavy atom. The summed E-state index contributed by atoms with van der Waals surface area (Å²) in [6, 6.07) is 8.07. The molecule has 0 saturated heterocycles. The Balaban J connectivity index is 2.00. The summed E-state index contributed by atoms with van der Waals surface area (Å²) in [6.45, 7) is 3.00. The summed E-state index contributed by atoms with van der Waals surface area (Å²) in [5.41, 5.74) is 7.65. The minimum atomic E-state index is -0.0276. The number of carbonyl (C=O) groups excluding carboxylic acids is 1. The molecule has 4 heteroatoms. The third-order valence-corrected chi connectivity index (χ3v) is 3.18. The van der Waals surface area contributed by atoms with Gasteiger partial charge < -0.3 is 16.0 Å². The maximum absolute atomic E-state index is 11.8. The molecule has 96 valence electrons. The normalized spacial score (nSPS) is 12.6. The van der Waals surface area contributed by atoms with E-state index in [0.29, 0.717) is 13.1 Å². The lowest BCUT2D eigenvalue weighted by Crippen LogP contribution is -2.29. The Morgan fingerprint density at radius 2 is 2.22 bits per heavy atom. The van der Waals surface area contributed by atoms with Crippen molar-refractivity contribution >= 4 is 16.8 Å². The molecule has 1 heterocycles. The minimum absolute atomic E-state index is 0.0276. The van der Waals surface area contributed by atoms with E-state index in [1.807, 2.05) is 31.3 Å². The first-order valence-electron chi connectivity index (χ1n) is 6.25. The second-order valence-electron chi connectivity index (χ2n) is 4.56. The van der Waals surface area contributed by atoms with Gasteiger partial charge in [-0.25, -0.2) is 0 Å². The number of benzene rings is 1. The molecule has 1 aromatic carbocycles. The lowest BCUT2D eigenvalue weighted by Gasteiger charge is -2.10. The number of rotatable bonds is 5. The van der Waals surface area contributed by atoms with Crippen LogP contribution in [0, 0.1) is 5.92 Å². The van der Waals surface area contributed by atoms with Crippen LogP contribution in [0.4, 0.5) is 0 Å². The highest BCUT2D eigenvalue weighted by Crippen LogP contribution is 2.17. The molecule has 0 aliphatic heterocycles. The van der Waals surface area contributed by atoms with Crippen molar-refractivity contribution in [2.45, 2.75) is 19.9 Å². The molecule has 4 N–H and O–H groups in total. The van der Waals surface area contributed by atoms with Crippen molar-refractivity contribution in [1.29, 1.82) is 0 Å². The summed E-state index contributed by atoms with van der Waals surface area (Å²) >= 11 is 0. The summed E-state index contributed by atoms with van der Waals surface area (Å²) in [5, 5.41) is 4.10. The predicted molar refractivity (Wildman–Crippen MR) is 73.0 cm³/mol. The number of nitrogens with one attached hydrogen (secondary N) is 2. The van der Waals surface area contributed by atoms with Crippen molar-refractivity contribution in [2.75, 3.05) is 6.54 Å². The first-order valence-corrected chi connectivity index (χ1v) is 6.25. The number of aromatic nitrogens is 1. The van der Waals surface area contributed by atoms with E-state index in [-0.39, 0.29) is 11.8 Å². The molecule has 0 radical (unpaired) electrons. The van der Waals surface area contributed by atoms with Crippen molar-refractivity contribution in [1.82, 2.24) is 10.3 Å². The van der Waals surface area contributed by atoms with E-state index < -0.39 is 0 Å². The Hall–Kier alpha value is -1.81. The SMILES string of the molecule is CC(CCN)C(=O)NCc1c[nH]c2ccccc12. The van der Waals surface area contributed by atoms with Crippen molar-refractivity contribution < 1.29 is 4.79 Å². The first kappa shape index (κ1) is 12.6. The zero-order valence-electron chi connectivity index (χ0n) is 10.6. The van der Waals surface area contributed by atoms with Crippen LogP contribution in [-0.2, 0) is 11.3 Å². The maximum Gasteiger partial charge on any atom is 0.223 e. The van der Waals surface area contributed by atoms with Crippen LogP contribution in [0.15, 0.2) is 30.5 Å². The van der Waals surface area contributed by atoms with Gasteiger partial charge in [-0.2, -0.15) is 0 Å². The smallest absolute Gasteiger partial charge is 0.223 e. The highest BCUT2D eigenvalue weighted by atomic mass is 16.1. The van der Waals surface area contributed by atoms with E-state index in [1.165, 1.54) is 0 Å². The second-order valence-corrected chi connectivity index (χ2v) is 4.56. The molecule has 1 aromatic heterocycles. The quantitative estimate of drug-likeness (QED) is 0.751. The standard InChI is InChI=1S/C14H19N3O/c1-10(6-7-15)14(18)17-9-11-8-16-13-5-3-2-4-12(11)13/h2-5,8,10,16H,6-7,9,15H2,1H3,(H,17,18). The lowest BCUT2D eigenvalue weighted by atomic mass is 10.1. The van der Waals surface area contributed by atoms with E-state index >= 15 is 0 Å². The molecular formula is C14H19N3O. The minimum Gasteiger partial charge on any atom is -0.361 e. The van der Waals surface area contributed by atoms with Crippen LogP contribution in [0.2, 0.25) is 0 Å². The van der Waals surface area contributed by atoms with Crippen molar-refractivity contribution in [3.05, 3.63) is 36.0 Å². The van der Waals surface area contributed by atoms with Crippen LogP contribution < -0.4 is 11.1 Å². The van der Waals surface area contributed by atoms with Crippen molar-refractivity contribution in [3.63, 3.8) is 0 Å². The number of aromatic amines is 1. The molecule has 1 amide bonds. The van der Waals surface area contributed by atoms with E-state index in [1.54, 1.807) is 0 Å². The number of fused-ring (bicyclic) bond motifs is 1. The molecule has 2 aromatic rings. The van der Waals surface area contributed by atoms with Gasteiger partial charge in [0, 0.05) is 29.6 Å². The summed E-state index contributed by atoms with van der Waals surface area (Å²) in [6.07, 6.45) is 2.66. The van der Waals surface area contributed by atoms with Gasteiger partial charge >= 0.3 is 0 Å². The number of amides is 1. The summed E-state index contributed by atoms with van der Waals surface area (Å²) in [4.78, 5) is 15.0. The average Bonchev–Trinajstić information content (AvgIpc) is 2.79. The third-order valence-electron chi connectivity index (χ3n) is 3.18. The fourth-order valence-corrected chi connectivity index (χ4v) is 2.02. The van der Waals surface area contributed by atoms with Gasteiger partial charge in [-0.15, -0.1) is 0 Å². The van der Waals surface area contributed by atoms with Crippen molar-refractivity contribution in [3.8, 4) is 0 Å². The molecule has 0 aliphatic rings. The highest BCUT2D eigenvalue weighted by molar-refractivity contribution is 5.84. The van der Waals surface area contributed by atoms with Gasteiger partial charge in [0.15, 0.2) is 0 Å². The predicted octanol–water partition coefficient (Wildman–Crippen LogP) is 1.77. The van der Waals surface area contributed by atoms with Gasteiger partial charge in [-0.1, -0.05) is 25.1 Å². The van der Waals surface area contributed by atoms with E-state index in [2.05, 4.69) is 16.4 Å². The van der Waals surface area contributed by atoms with Crippen LogP contribution in [0.1, 0.15) is 18.9 Å². The van der Waals surface area contributed by atoms with Gasteiger partial charge in [-0.05, 0) is 24.6 Å². The number of para-hydroxylation sites is 1. The van der Waals surface area contributed by atoms with Gasteiger partial charge in [0.2, 0.25) is 5.91 Å². The van der Waals surface area contributed by atoms with E-state index in [9.17, 15) is 4.79 Å². The van der Waals surface area contributed by atoms with Gasteiger partial charge in [0.1, 0.15) is 0 Å². The number of nitrogens with two attached hydrogens (primary N) is 1. The van der Waals surface area contributed by atoms with E-state index in [0.717, 1.165) is 22.9 Å². The number of carbonyl (C=O) groups is 1. The third kappa shape index (κ3) is 2.71. The number of hydrogen-bond acceptors (Lipinski definition) is 2. The number of H-pyrrole nitrogens is 1. The van der Waals surface area contributed by atoms with Gasteiger partial charge in [0.05, 0.1) is 0 Å². The zero-order valence-corrected chi connectivity index (χ0v) is 10.6. The molecule has 18 heavy (non-hydrogen) atoms. The molecule has 0 aliphatic carbocycles. The van der Waals surface area contributed by atoms with E-state index in [4.69, 9.17) is 5.73 Å². The molecule has 0 spiro atoms. The zero-order chi connectivity index (χ0) is 13.0. The van der Waals surface area contributed by atoms with Crippen LogP contribution in [0.3, 0.4) is 0 Å². The summed E-state index contributed by atoms with van der Waals surface area (Å²) in [7, 11) is 0. The molecule has 0 fully saturated rings. The Labute approximate surface area is 107 Å². The Kier molecular flexibility index (Phi) is 3.99. The molecule has 0 bridgehead atoms. The highest BCUT2D eigenvalue weighted by Gasteiger charge is 2.12. The molecule has 1 atom stereocenters. The van der Waals surface area contributed by atoms with Crippen LogP contribution in [0.5, 0.6) is 0 Å². The molecule has 2 rings (SSSR count). The molecule has 1 unspecified atom stereocenters. The van der Waals surface area contributed by atoms with Crippen LogP contribution >= 0.6 is 0 Å². The molecular weight excluding hydrogens is 226 g/mol. The maximum atomic E-state index is 11.8. The average molecular weight is 245 g/mol. The second kappa shape index (κ2) is 5.69. The Bertz CT molecular complexity index is 533. The van der Waals surface area contributed by atoms with Crippen LogP contribution in [0.25, 0.3) is 10.9 Å². The topological polar surface area (TPSA) is 70.9 Å². The fraction of sp³-hybridized carbons (Fsp3) is 0.357. The number of hydrogen-bond donors (Lipinski definition) is 3. The van der Waals surface area contributed by atoms with Crippen LogP contribution in [-0.4, -0.2) is 17.4 Å². The van der Waals surface area contributed by atoms with Crippen molar-refractivity contribution in [2.24, 2.45) is 11.7 Å². The summed E-state index contributed by atoms with van der Waals surface area (Å²) in [5.74, 6) is 0.0333. The molecule has 4 nitrogen and oxygen atoms in total. The first-order chi connectivity index (χ1) is 8.72. The monoisotopic (exact) mass is 245 g/mol. The molecule has 0 saturated carbocycles. The largest absolute Gasteiger partial charge is 0.361 e. The van der Waals surface area contributed by atoms with Gasteiger partial charge in [-0.3, -0.25) is 4.79 Å². The van der Waals surface area contributed by atoms with Gasteiger partial charge in [0.25, 0.3) is 0 Å². The lowest BCUT2D eigenvalue weighted by molar-refractivity contribution is -0.124.